The Morgan fingerprint density at radius 1 is 1.47 bits per heavy atom. The first-order valence-corrected chi connectivity index (χ1v) is 4.46. The second kappa shape index (κ2) is 4.65. The van der Waals surface area contributed by atoms with Crippen molar-refractivity contribution >= 4 is 11.6 Å². The Hall–Kier alpha value is -1.75. The van der Waals surface area contributed by atoms with E-state index in [1.54, 1.807) is 37.3 Å². The lowest BCUT2D eigenvalue weighted by molar-refractivity contribution is 0.0854. The van der Waals surface area contributed by atoms with Crippen molar-refractivity contribution in [1.29, 1.82) is 0 Å². The highest BCUT2D eigenvalue weighted by Crippen LogP contribution is 2.21. The number of methoxy groups -OCH3 is 1. The molecule has 0 aromatic heterocycles. The van der Waals surface area contributed by atoms with Gasteiger partial charge in [-0.1, -0.05) is 0 Å². The van der Waals surface area contributed by atoms with Crippen molar-refractivity contribution in [2.24, 2.45) is 0 Å². The number of ether oxygens (including phenoxy) is 1. The molecule has 0 saturated carbocycles. The van der Waals surface area contributed by atoms with E-state index >= 15 is 0 Å². The summed E-state index contributed by atoms with van der Waals surface area (Å²) < 4.78 is 5.07. The Balaban J connectivity index is 2.97. The van der Waals surface area contributed by atoms with Gasteiger partial charge in [0.1, 0.15) is 5.75 Å². The lowest BCUT2D eigenvalue weighted by Gasteiger charge is -2.14. The van der Waals surface area contributed by atoms with Crippen LogP contribution in [0.1, 0.15) is 10.4 Å². The van der Waals surface area contributed by atoms with Crippen LogP contribution in [0.2, 0.25) is 0 Å². The Morgan fingerprint density at radius 2 is 2.13 bits per heavy atom. The number of nitrogen functional groups attached to an aromatic ring is 1. The summed E-state index contributed by atoms with van der Waals surface area (Å²) in [4.78, 5) is 11.7. The van der Waals surface area contributed by atoms with E-state index < -0.39 is 0 Å². The number of hydrogen-bond donors (Lipinski definition) is 2. The molecular formula is C10H15N3O2. The summed E-state index contributed by atoms with van der Waals surface area (Å²) in [5.41, 5.74) is 9.23. The third-order valence-electron chi connectivity index (χ3n) is 1.80. The molecule has 82 valence electrons. The fourth-order valence-corrected chi connectivity index (χ4v) is 1.16. The molecule has 5 nitrogen and oxygen atoms in total. The van der Waals surface area contributed by atoms with E-state index in [1.807, 2.05) is 0 Å². The third kappa shape index (κ3) is 2.85. The van der Waals surface area contributed by atoms with Gasteiger partial charge in [-0.3, -0.25) is 10.2 Å². The predicted molar refractivity (Wildman–Crippen MR) is 58.6 cm³/mol. The molecule has 0 spiro atoms. The molecule has 0 saturated heterocycles. The molecule has 3 N–H and O–H groups in total. The molecule has 0 aliphatic rings. The summed E-state index contributed by atoms with van der Waals surface area (Å²) >= 11 is 0. The van der Waals surface area contributed by atoms with Crippen molar-refractivity contribution in [3.8, 4) is 5.75 Å². The van der Waals surface area contributed by atoms with Crippen LogP contribution in [0.4, 0.5) is 5.69 Å². The Labute approximate surface area is 88.8 Å². The smallest absolute Gasteiger partial charge is 0.269 e. The summed E-state index contributed by atoms with van der Waals surface area (Å²) in [6, 6.07) is 4.91. The molecule has 0 radical (unpaired) electrons. The maximum absolute atomic E-state index is 11.7. The van der Waals surface area contributed by atoms with Gasteiger partial charge < -0.3 is 10.5 Å². The van der Waals surface area contributed by atoms with Gasteiger partial charge in [-0.2, -0.15) is 0 Å². The van der Waals surface area contributed by atoms with Crippen LogP contribution in [0.25, 0.3) is 0 Å². The average Bonchev–Trinajstić information content (AvgIpc) is 2.16. The maximum atomic E-state index is 11.7. The van der Waals surface area contributed by atoms with Crippen molar-refractivity contribution in [3.05, 3.63) is 23.8 Å². The number of anilines is 1. The monoisotopic (exact) mass is 209 g/mol. The second-order valence-corrected chi connectivity index (χ2v) is 3.30. The van der Waals surface area contributed by atoms with Gasteiger partial charge in [0.05, 0.1) is 12.7 Å². The van der Waals surface area contributed by atoms with Gasteiger partial charge in [0.25, 0.3) is 5.91 Å². The highest BCUT2D eigenvalue weighted by molar-refractivity contribution is 5.97. The van der Waals surface area contributed by atoms with E-state index in [0.717, 1.165) is 0 Å². The number of carbonyl (C=O) groups excluding carboxylic acids is 1. The largest absolute Gasteiger partial charge is 0.496 e. The van der Waals surface area contributed by atoms with Gasteiger partial charge in [0, 0.05) is 25.8 Å². The highest BCUT2D eigenvalue weighted by Gasteiger charge is 2.12. The maximum Gasteiger partial charge on any atom is 0.269 e. The van der Waals surface area contributed by atoms with Gasteiger partial charge in [-0.15, -0.1) is 0 Å². The quantitative estimate of drug-likeness (QED) is 0.561. The first kappa shape index (κ1) is 11.3. The minimum atomic E-state index is -0.225. The van der Waals surface area contributed by atoms with Gasteiger partial charge in [-0.05, 0) is 12.1 Å². The SMILES string of the molecule is COc1cc(N)ccc1C(=O)NN(C)C. The fraction of sp³-hybridized carbons (Fsp3) is 0.300. The molecule has 1 rings (SSSR count). The number of amides is 1. The van der Waals surface area contributed by atoms with Gasteiger partial charge in [0.15, 0.2) is 0 Å². The Kier molecular flexibility index (Phi) is 3.51. The van der Waals surface area contributed by atoms with E-state index in [4.69, 9.17) is 10.5 Å². The molecule has 1 aromatic carbocycles. The second-order valence-electron chi connectivity index (χ2n) is 3.30. The average molecular weight is 209 g/mol. The highest BCUT2D eigenvalue weighted by atomic mass is 16.5. The number of hydrogen-bond acceptors (Lipinski definition) is 4. The van der Waals surface area contributed by atoms with Gasteiger partial charge in [0.2, 0.25) is 0 Å². The third-order valence-corrected chi connectivity index (χ3v) is 1.80. The number of nitrogens with two attached hydrogens (primary N) is 1. The number of carbonyl (C=O) groups is 1. The van der Waals surface area contributed by atoms with E-state index in [9.17, 15) is 4.79 Å². The fourth-order valence-electron chi connectivity index (χ4n) is 1.16. The number of nitrogens with zero attached hydrogens (tertiary/aromatic N) is 1. The lowest BCUT2D eigenvalue weighted by Crippen LogP contribution is -2.36. The van der Waals surface area contributed by atoms with E-state index in [1.165, 1.54) is 7.11 Å². The topological polar surface area (TPSA) is 67.6 Å². The minimum Gasteiger partial charge on any atom is -0.496 e. The molecule has 0 aliphatic carbocycles. The van der Waals surface area contributed by atoms with Crippen LogP contribution in [0.3, 0.4) is 0 Å². The van der Waals surface area contributed by atoms with Gasteiger partial charge >= 0.3 is 0 Å². The molecule has 0 fully saturated rings. The van der Waals surface area contributed by atoms with Crippen molar-refractivity contribution in [3.63, 3.8) is 0 Å². The predicted octanol–water partition coefficient (Wildman–Crippen LogP) is 0.484. The summed E-state index contributed by atoms with van der Waals surface area (Å²) in [5, 5.41) is 1.57. The molecular weight excluding hydrogens is 194 g/mol. The Morgan fingerprint density at radius 3 is 2.67 bits per heavy atom. The zero-order chi connectivity index (χ0) is 11.4. The molecule has 1 amide bonds. The summed E-state index contributed by atoms with van der Waals surface area (Å²) in [6.45, 7) is 0. The van der Waals surface area contributed by atoms with Crippen LogP contribution in [0.15, 0.2) is 18.2 Å². The number of nitrogens with one attached hydrogen (secondary N) is 1. The van der Waals surface area contributed by atoms with Crippen LogP contribution in [0.5, 0.6) is 5.75 Å². The van der Waals surface area contributed by atoms with Crippen molar-refractivity contribution < 1.29 is 9.53 Å². The van der Waals surface area contributed by atoms with E-state index in [-0.39, 0.29) is 5.91 Å². The summed E-state index contributed by atoms with van der Waals surface area (Å²) in [7, 11) is 4.98. The molecule has 15 heavy (non-hydrogen) atoms. The molecule has 0 aliphatic heterocycles. The van der Waals surface area contributed by atoms with E-state index in [2.05, 4.69) is 5.43 Å². The van der Waals surface area contributed by atoms with Gasteiger partial charge in [-0.25, -0.2) is 5.01 Å². The van der Waals surface area contributed by atoms with Crippen LogP contribution in [-0.4, -0.2) is 32.1 Å². The van der Waals surface area contributed by atoms with Crippen molar-refractivity contribution in [2.45, 2.75) is 0 Å². The van der Waals surface area contributed by atoms with Crippen molar-refractivity contribution in [1.82, 2.24) is 10.4 Å². The first-order valence-electron chi connectivity index (χ1n) is 4.46. The van der Waals surface area contributed by atoms with Crippen LogP contribution in [0, 0.1) is 0 Å². The lowest BCUT2D eigenvalue weighted by atomic mass is 10.1. The van der Waals surface area contributed by atoms with Crippen LogP contribution in [-0.2, 0) is 0 Å². The normalized spacial score (nSPS) is 10.1. The van der Waals surface area contributed by atoms with Crippen LogP contribution >= 0.6 is 0 Å². The zero-order valence-corrected chi connectivity index (χ0v) is 9.07. The molecule has 0 atom stereocenters. The number of hydrazine groups is 1. The molecule has 5 heteroatoms. The zero-order valence-electron chi connectivity index (χ0n) is 9.07. The summed E-state index contributed by atoms with van der Waals surface area (Å²) in [6.07, 6.45) is 0. The summed E-state index contributed by atoms with van der Waals surface area (Å²) in [5.74, 6) is 0.242. The van der Waals surface area contributed by atoms with E-state index in [0.29, 0.717) is 17.0 Å². The first-order chi connectivity index (χ1) is 7.04. The standard InChI is InChI=1S/C10H15N3O2/c1-13(2)12-10(14)8-5-4-7(11)6-9(8)15-3/h4-6H,11H2,1-3H3,(H,12,14). The molecule has 0 bridgehead atoms. The van der Waals surface area contributed by atoms with Crippen LogP contribution < -0.4 is 15.9 Å². The Bertz CT molecular complexity index is 364. The molecule has 0 unspecified atom stereocenters. The number of benzene rings is 1. The van der Waals surface area contributed by atoms with Crippen molar-refractivity contribution in [2.75, 3.05) is 26.9 Å². The molecule has 1 aromatic rings. The minimum absolute atomic E-state index is 0.225. The molecule has 0 heterocycles. The number of rotatable bonds is 3.